The number of piperidine rings is 1. The first-order chi connectivity index (χ1) is 10.5. The van der Waals surface area contributed by atoms with E-state index in [4.69, 9.17) is 0 Å². The minimum Gasteiger partial charge on any atom is -0.356 e. The van der Waals surface area contributed by atoms with Crippen molar-refractivity contribution in [2.24, 2.45) is 0 Å². The molecule has 0 spiro atoms. The van der Waals surface area contributed by atoms with Gasteiger partial charge in [-0.15, -0.1) is 0 Å². The van der Waals surface area contributed by atoms with Crippen LogP contribution in [0.3, 0.4) is 0 Å². The Bertz CT molecular complexity index is 590. The van der Waals surface area contributed by atoms with Gasteiger partial charge in [0.25, 0.3) is 0 Å². The largest absolute Gasteiger partial charge is 0.356 e. The molecule has 0 bridgehead atoms. The Morgan fingerprint density at radius 3 is 2.36 bits per heavy atom. The summed E-state index contributed by atoms with van der Waals surface area (Å²) >= 11 is 0. The molecule has 1 saturated heterocycles. The zero-order chi connectivity index (χ0) is 16.0. The lowest BCUT2D eigenvalue weighted by Gasteiger charge is -2.25. The van der Waals surface area contributed by atoms with Gasteiger partial charge in [0, 0.05) is 19.6 Å². The number of benzene rings is 1. The fraction of sp³-hybridized carbons (Fsp3) is 0.562. The van der Waals surface area contributed by atoms with Crippen LogP contribution in [0.1, 0.15) is 38.2 Å². The molecule has 1 heterocycles. The fourth-order valence-corrected chi connectivity index (χ4v) is 4.06. The van der Waals surface area contributed by atoms with E-state index in [9.17, 15) is 13.2 Å². The molecule has 1 aliphatic heterocycles. The number of sulfonamides is 1. The van der Waals surface area contributed by atoms with Crippen LogP contribution in [0, 0.1) is 0 Å². The quantitative estimate of drug-likeness (QED) is 0.869. The molecule has 1 fully saturated rings. The second-order valence-corrected chi connectivity index (χ2v) is 7.57. The Labute approximate surface area is 132 Å². The smallest absolute Gasteiger partial charge is 0.243 e. The average molecular weight is 324 g/mol. The highest BCUT2D eigenvalue weighted by Crippen LogP contribution is 2.20. The molecule has 1 aromatic rings. The molecule has 1 amide bonds. The minimum absolute atomic E-state index is 0.0338. The van der Waals surface area contributed by atoms with Gasteiger partial charge >= 0.3 is 0 Å². The van der Waals surface area contributed by atoms with E-state index >= 15 is 0 Å². The Morgan fingerprint density at radius 2 is 1.77 bits per heavy atom. The molecule has 0 radical (unpaired) electrons. The third-order valence-corrected chi connectivity index (χ3v) is 5.73. The summed E-state index contributed by atoms with van der Waals surface area (Å²) < 4.78 is 26.6. The van der Waals surface area contributed by atoms with Crippen LogP contribution in [0.15, 0.2) is 29.2 Å². The molecule has 1 aromatic carbocycles. The lowest BCUT2D eigenvalue weighted by molar-refractivity contribution is -0.120. The van der Waals surface area contributed by atoms with E-state index < -0.39 is 10.0 Å². The van der Waals surface area contributed by atoms with E-state index in [1.165, 1.54) is 0 Å². The van der Waals surface area contributed by atoms with Crippen LogP contribution in [0.5, 0.6) is 0 Å². The average Bonchev–Trinajstić information content (AvgIpc) is 2.54. The normalized spacial score (nSPS) is 16.4. The van der Waals surface area contributed by atoms with E-state index in [1.807, 2.05) is 6.92 Å². The van der Waals surface area contributed by atoms with Gasteiger partial charge in [-0.25, -0.2) is 8.42 Å². The summed E-state index contributed by atoms with van der Waals surface area (Å²) in [4.78, 5) is 12.0. The van der Waals surface area contributed by atoms with Gasteiger partial charge < -0.3 is 5.32 Å². The molecule has 0 atom stereocenters. The van der Waals surface area contributed by atoms with Crippen molar-refractivity contribution in [3.63, 3.8) is 0 Å². The van der Waals surface area contributed by atoms with Crippen LogP contribution < -0.4 is 5.32 Å². The molecule has 0 unspecified atom stereocenters. The Kier molecular flexibility index (Phi) is 5.97. The second kappa shape index (κ2) is 7.74. The number of nitrogens with zero attached hydrogens (tertiary/aromatic N) is 1. The first-order valence-electron chi connectivity index (χ1n) is 7.90. The molecule has 2 rings (SSSR count). The molecule has 5 nitrogen and oxygen atoms in total. The summed E-state index contributed by atoms with van der Waals surface area (Å²) in [6.45, 7) is 3.87. The number of carbonyl (C=O) groups is 1. The van der Waals surface area contributed by atoms with Crippen molar-refractivity contribution in [2.45, 2.75) is 43.9 Å². The standard InChI is InChI=1S/C16H24N2O3S/c1-2-10-17-16(19)13-14-6-8-15(9-7-14)22(20,21)18-11-4-3-5-12-18/h6-9H,2-5,10-13H2,1H3,(H,17,19). The van der Waals surface area contributed by atoms with Gasteiger partial charge in [-0.1, -0.05) is 25.5 Å². The van der Waals surface area contributed by atoms with Crippen LogP contribution in [0.2, 0.25) is 0 Å². The Morgan fingerprint density at radius 1 is 1.14 bits per heavy atom. The number of hydrogen-bond acceptors (Lipinski definition) is 3. The Hall–Kier alpha value is -1.40. The van der Waals surface area contributed by atoms with Gasteiger partial charge in [0.15, 0.2) is 0 Å². The number of nitrogens with one attached hydrogen (secondary N) is 1. The third kappa shape index (κ3) is 4.30. The zero-order valence-electron chi connectivity index (χ0n) is 13.0. The molecule has 6 heteroatoms. The van der Waals surface area contributed by atoms with Crippen molar-refractivity contribution in [1.29, 1.82) is 0 Å². The maximum atomic E-state index is 12.5. The molecular formula is C16H24N2O3S. The van der Waals surface area contributed by atoms with Crippen LogP contribution in [-0.2, 0) is 21.2 Å². The summed E-state index contributed by atoms with van der Waals surface area (Å²) in [5.74, 6) is -0.0338. The van der Waals surface area contributed by atoms with Crippen molar-refractivity contribution < 1.29 is 13.2 Å². The van der Waals surface area contributed by atoms with Crippen LogP contribution in [0.25, 0.3) is 0 Å². The van der Waals surface area contributed by atoms with Crippen LogP contribution in [0.4, 0.5) is 0 Å². The molecule has 0 aromatic heterocycles. The first-order valence-corrected chi connectivity index (χ1v) is 9.34. The highest BCUT2D eigenvalue weighted by atomic mass is 32.2. The summed E-state index contributed by atoms with van der Waals surface area (Å²) in [7, 11) is -3.39. The van der Waals surface area contributed by atoms with Crippen LogP contribution >= 0.6 is 0 Å². The zero-order valence-corrected chi connectivity index (χ0v) is 13.9. The molecule has 0 aliphatic carbocycles. The van der Waals surface area contributed by atoms with E-state index in [0.29, 0.717) is 24.5 Å². The third-order valence-electron chi connectivity index (χ3n) is 3.81. The predicted molar refractivity (Wildman–Crippen MR) is 86.1 cm³/mol. The molecule has 0 saturated carbocycles. The number of rotatable bonds is 6. The highest BCUT2D eigenvalue weighted by Gasteiger charge is 2.25. The number of carbonyl (C=O) groups excluding carboxylic acids is 1. The van der Waals surface area contributed by atoms with Crippen LogP contribution in [-0.4, -0.2) is 38.3 Å². The van der Waals surface area contributed by atoms with Gasteiger partial charge in [0.2, 0.25) is 15.9 Å². The number of hydrogen-bond donors (Lipinski definition) is 1. The van der Waals surface area contributed by atoms with Gasteiger partial charge in [-0.05, 0) is 37.0 Å². The summed E-state index contributed by atoms with van der Waals surface area (Å²) in [5, 5.41) is 2.81. The maximum absolute atomic E-state index is 12.5. The predicted octanol–water partition coefficient (Wildman–Crippen LogP) is 1.93. The summed E-state index contributed by atoms with van der Waals surface area (Å²) in [6, 6.07) is 6.66. The molecule has 22 heavy (non-hydrogen) atoms. The van der Waals surface area contributed by atoms with E-state index in [2.05, 4.69) is 5.32 Å². The van der Waals surface area contributed by atoms with Crippen molar-refractivity contribution in [3.05, 3.63) is 29.8 Å². The summed E-state index contributed by atoms with van der Waals surface area (Å²) in [6.07, 6.45) is 4.13. The fourth-order valence-electron chi connectivity index (χ4n) is 2.55. The van der Waals surface area contributed by atoms with Gasteiger partial charge in [-0.3, -0.25) is 4.79 Å². The second-order valence-electron chi connectivity index (χ2n) is 5.64. The van der Waals surface area contributed by atoms with Crippen molar-refractivity contribution >= 4 is 15.9 Å². The highest BCUT2D eigenvalue weighted by molar-refractivity contribution is 7.89. The van der Waals surface area contributed by atoms with Gasteiger partial charge in [0.05, 0.1) is 11.3 Å². The molecule has 1 N–H and O–H groups in total. The number of amides is 1. The maximum Gasteiger partial charge on any atom is 0.243 e. The first kappa shape index (κ1) is 17.0. The van der Waals surface area contributed by atoms with E-state index in [1.54, 1.807) is 28.6 Å². The van der Waals surface area contributed by atoms with Crippen molar-refractivity contribution in [2.75, 3.05) is 19.6 Å². The lowest BCUT2D eigenvalue weighted by atomic mass is 10.1. The van der Waals surface area contributed by atoms with Crippen molar-refractivity contribution in [3.8, 4) is 0 Å². The van der Waals surface area contributed by atoms with Crippen molar-refractivity contribution in [1.82, 2.24) is 9.62 Å². The van der Waals surface area contributed by atoms with E-state index in [-0.39, 0.29) is 12.3 Å². The topological polar surface area (TPSA) is 66.5 Å². The summed E-state index contributed by atoms with van der Waals surface area (Å²) in [5.41, 5.74) is 0.825. The van der Waals surface area contributed by atoms with E-state index in [0.717, 1.165) is 31.2 Å². The minimum atomic E-state index is -3.39. The monoisotopic (exact) mass is 324 g/mol. The molecule has 122 valence electrons. The molecular weight excluding hydrogens is 300 g/mol. The molecule has 1 aliphatic rings. The lowest BCUT2D eigenvalue weighted by Crippen LogP contribution is -2.35. The Balaban J connectivity index is 2.03. The van der Waals surface area contributed by atoms with Gasteiger partial charge in [0.1, 0.15) is 0 Å². The van der Waals surface area contributed by atoms with Gasteiger partial charge in [-0.2, -0.15) is 4.31 Å². The SMILES string of the molecule is CCCNC(=O)Cc1ccc(S(=O)(=O)N2CCCCC2)cc1.